The lowest BCUT2D eigenvalue weighted by Gasteiger charge is -2.18. The van der Waals surface area contributed by atoms with Gasteiger partial charge in [0, 0.05) is 12.0 Å². The van der Waals surface area contributed by atoms with Crippen molar-refractivity contribution in [1.82, 2.24) is 15.3 Å². The first-order valence-electron chi connectivity index (χ1n) is 8.32. The highest BCUT2D eigenvalue weighted by Gasteiger charge is 2.22. The highest BCUT2D eigenvalue weighted by molar-refractivity contribution is 5.94. The second-order valence-corrected chi connectivity index (χ2v) is 7.10. The normalized spacial score (nSPS) is 12.7. The first kappa shape index (κ1) is 18.9. The van der Waals surface area contributed by atoms with Crippen molar-refractivity contribution in [2.45, 2.75) is 45.6 Å². The number of aryl methyl sites for hydroxylation is 1. The zero-order valence-electron chi connectivity index (χ0n) is 15.1. The molecule has 0 fully saturated rings. The van der Waals surface area contributed by atoms with Crippen molar-refractivity contribution in [2.75, 3.05) is 6.54 Å². The van der Waals surface area contributed by atoms with Gasteiger partial charge in [0.2, 0.25) is 0 Å². The van der Waals surface area contributed by atoms with Crippen molar-refractivity contribution in [3.05, 3.63) is 63.3 Å². The van der Waals surface area contributed by atoms with Crippen molar-refractivity contribution in [1.29, 1.82) is 0 Å². The Kier molecular flexibility index (Phi) is 5.74. The number of hydrogen-bond acceptors (Lipinski definition) is 4. The molecule has 134 valence electrons. The second-order valence-electron chi connectivity index (χ2n) is 7.10. The Morgan fingerprint density at radius 1 is 1.28 bits per heavy atom. The summed E-state index contributed by atoms with van der Waals surface area (Å²) < 4.78 is 0. The van der Waals surface area contributed by atoms with Crippen LogP contribution in [-0.2, 0) is 5.41 Å². The van der Waals surface area contributed by atoms with Crippen molar-refractivity contribution < 1.29 is 9.90 Å². The average molecular weight is 343 g/mol. The summed E-state index contributed by atoms with van der Waals surface area (Å²) in [5.74, 6) is 0.0676. The van der Waals surface area contributed by atoms with E-state index in [1.54, 1.807) is 6.92 Å². The van der Waals surface area contributed by atoms with Crippen LogP contribution in [0.2, 0.25) is 0 Å². The van der Waals surface area contributed by atoms with E-state index in [0.717, 1.165) is 5.56 Å². The zero-order valence-corrected chi connectivity index (χ0v) is 15.1. The molecule has 0 aliphatic carbocycles. The van der Waals surface area contributed by atoms with Crippen LogP contribution in [0.1, 0.15) is 60.7 Å². The van der Waals surface area contributed by atoms with Crippen molar-refractivity contribution in [3.8, 4) is 0 Å². The number of aliphatic hydroxyl groups is 1. The van der Waals surface area contributed by atoms with Crippen LogP contribution >= 0.6 is 0 Å². The fourth-order valence-electron chi connectivity index (χ4n) is 2.46. The highest BCUT2D eigenvalue weighted by Crippen LogP contribution is 2.17. The van der Waals surface area contributed by atoms with E-state index in [1.165, 1.54) is 0 Å². The van der Waals surface area contributed by atoms with Gasteiger partial charge in [-0.05, 0) is 18.9 Å². The predicted octanol–water partition coefficient (Wildman–Crippen LogP) is 2.23. The molecule has 0 saturated carbocycles. The Labute approximate surface area is 147 Å². The Morgan fingerprint density at radius 2 is 1.92 bits per heavy atom. The fourth-order valence-corrected chi connectivity index (χ4v) is 2.46. The first-order chi connectivity index (χ1) is 11.7. The van der Waals surface area contributed by atoms with Crippen LogP contribution in [0.15, 0.2) is 35.1 Å². The lowest BCUT2D eigenvalue weighted by atomic mass is 9.95. The number of benzene rings is 1. The molecule has 3 N–H and O–H groups in total. The lowest BCUT2D eigenvalue weighted by Crippen LogP contribution is -2.34. The topological polar surface area (TPSA) is 95.1 Å². The molecule has 2 rings (SSSR count). The van der Waals surface area contributed by atoms with Crippen molar-refractivity contribution in [2.24, 2.45) is 0 Å². The number of H-pyrrole nitrogens is 1. The molecule has 1 aromatic heterocycles. The molecule has 0 saturated heterocycles. The summed E-state index contributed by atoms with van der Waals surface area (Å²) in [6, 6.07) is 9.24. The third-order valence-corrected chi connectivity index (χ3v) is 3.93. The van der Waals surface area contributed by atoms with Crippen LogP contribution in [0.4, 0.5) is 0 Å². The molecular weight excluding hydrogens is 318 g/mol. The molecule has 1 amide bonds. The summed E-state index contributed by atoms with van der Waals surface area (Å²) in [6.45, 7) is 7.73. The molecule has 2 aromatic rings. The van der Waals surface area contributed by atoms with Gasteiger partial charge in [-0.2, -0.15) is 0 Å². The van der Waals surface area contributed by atoms with Gasteiger partial charge < -0.3 is 15.4 Å². The smallest absolute Gasteiger partial charge is 0.264 e. The molecule has 6 heteroatoms. The third-order valence-electron chi connectivity index (χ3n) is 3.93. The quantitative estimate of drug-likeness (QED) is 0.776. The number of aromatic nitrogens is 2. The van der Waals surface area contributed by atoms with Gasteiger partial charge in [0.1, 0.15) is 11.4 Å². The molecular formula is C19H25N3O3. The van der Waals surface area contributed by atoms with Crippen molar-refractivity contribution in [3.63, 3.8) is 0 Å². The van der Waals surface area contributed by atoms with E-state index in [9.17, 15) is 14.7 Å². The highest BCUT2D eigenvalue weighted by atomic mass is 16.3. The van der Waals surface area contributed by atoms with Gasteiger partial charge in [0.05, 0.1) is 11.8 Å². The van der Waals surface area contributed by atoms with Gasteiger partial charge in [-0.1, -0.05) is 51.1 Å². The number of aromatic amines is 1. The third kappa shape index (κ3) is 4.76. The molecule has 1 heterocycles. The molecule has 0 bridgehead atoms. The van der Waals surface area contributed by atoms with Gasteiger partial charge in [-0.25, -0.2) is 4.98 Å². The summed E-state index contributed by atoms with van der Waals surface area (Å²) in [5.41, 5.74) is 0.455. The Morgan fingerprint density at radius 3 is 2.48 bits per heavy atom. The SMILES string of the molecule is Cc1nc(C(C)(C)C)[nH]c(=O)c1C(=O)NCC[C@H](O)c1ccccc1. The molecule has 1 atom stereocenters. The number of rotatable bonds is 5. The van der Waals surface area contributed by atoms with E-state index in [-0.39, 0.29) is 17.5 Å². The van der Waals surface area contributed by atoms with Gasteiger partial charge in [-0.3, -0.25) is 9.59 Å². The van der Waals surface area contributed by atoms with E-state index in [1.807, 2.05) is 51.1 Å². The molecule has 1 aromatic carbocycles. The minimum Gasteiger partial charge on any atom is -0.388 e. The summed E-state index contributed by atoms with van der Waals surface area (Å²) in [6.07, 6.45) is -0.303. The summed E-state index contributed by atoms with van der Waals surface area (Å²) in [7, 11) is 0. The van der Waals surface area contributed by atoms with Gasteiger partial charge in [-0.15, -0.1) is 0 Å². The van der Waals surface area contributed by atoms with Crippen LogP contribution in [-0.4, -0.2) is 27.5 Å². The molecule has 0 spiro atoms. The maximum Gasteiger partial charge on any atom is 0.264 e. The number of carbonyl (C=O) groups excluding carboxylic acids is 1. The maximum absolute atomic E-state index is 12.3. The minimum atomic E-state index is -0.665. The minimum absolute atomic E-state index is 0.0159. The van der Waals surface area contributed by atoms with E-state index in [4.69, 9.17) is 0 Å². The van der Waals surface area contributed by atoms with Gasteiger partial charge >= 0.3 is 0 Å². The number of nitrogens with one attached hydrogen (secondary N) is 2. The number of nitrogens with zero attached hydrogens (tertiary/aromatic N) is 1. The van der Waals surface area contributed by atoms with Crippen LogP contribution in [0.5, 0.6) is 0 Å². The molecule has 6 nitrogen and oxygen atoms in total. The van der Waals surface area contributed by atoms with Gasteiger partial charge in [0.15, 0.2) is 0 Å². The lowest BCUT2D eigenvalue weighted by molar-refractivity contribution is 0.0940. The predicted molar refractivity (Wildman–Crippen MR) is 96.6 cm³/mol. The fraction of sp³-hybridized carbons (Fsp3) is 0.421. The van der Waals surface area contributed by atoms with Gasteiger partial charge in [0.25, 0.3) is 11.5 Å². The Bertz CT molecular complexity index is 792. The van der Waals surface area contributed by atoms with Crippen LogP contribution < -0.4 is 10.9 Å². The summed E-state index contributed by atoms with van der Waals surface area (Å²) in [5, 5.41) is 12.8. The van der Waals surface area contributed by atoms with E-state index < -0.39 is 17.6 Å². The average Bonchev–Trinajstić information content (AvgIpc) is 2.54. The largest absolute Gasteiger partial charge is 0.388 e. The van der Waals surface area contributed by atoms with E-state index >= 15 is 0 Å². The molecule has 0 aliphatic heterocycles. The zero-order chi connectivity index (χ0) is 18.6. The number of amides is 1. The Hall–Kier alpha value is -2.47. The number of aliphatic hydroxyl groups excluding tert-OH is 1. The van der Waals surface area contributed by atoms with E-state index in [2.05, 4.69) is 15.3 Å². The molecule has 0 aliphatic rings. The molecule has 0 radical (unpaired) electrons. The standard InChI is InChI=1S/C19H25N3O3/c1-12-15(17(25)22-18(21-12)19(2,3)4)16(24)20-11-10-14(23)13-8-6-5-7-9-13/h5-9,14,23H,10-11H2,1-4H3,(H,20,24)(H,21,22,25)/t14-/m0/s1. The van der Waals surface area contributed by atoms with Crippen LogP contribution in [0.25, 0.3) is 0 Å². The van der Waals surface area contributed by atoms with Crippen LogP contribution in [0.3, 0.4) is 0 Å². The van der Waals surface area contributed by atoms with Crippen LogP contribution in [0, 0.1) is 6.92 Å². The molecule has 0 unspecified atom stereocenters. The number of hydrogen-bond donors (Lipinski definition) is 3. The maximum atomic E-state index is 12.3. The summed E-state index contributed by atoms with van der Waals surface area (Å²) in [4.78, 5) is 31.6. The Balaban J connectivity index is 2.03. The first-order valence-corrected chi connectivity index (χ1v) is 8.32. The number of carbonyl (C=O) groups is 1. The monoisotopic (exact) mass is 343 g/mol. The molecule has 25 heavy (non-hydrogen) atoms. The summed E-state index contributed by atoms with van der Waals surface area (Å²) >= 11 is 0. The second kappa shape index (κ2) is 7.61. The van der Waals surface area contributed by atoms with E-state index in [0.29, 0.717) is 17.9 Å². The van der Waals surface area contributed by atoms with Crippen molar-refractivity contribution >= 4 is 5.91 Å².